The molecule has 0 unspecified atom stereocenters. The molecule has 0 saturated heterocycles. The van der Waals surface area contributed by atoms with Crippen molar-refractivity contribution >= 4 is 74.6 Å². The molecule has 16 rings (SSSR count). The van der Waals surface area contributed by atoms with Gasteiger partial charge in [-0.15, -0.1) is 0 Å². The molecule has 4 heterocycles. The van der Waals surface area contributed by atoms with Gasteiger partial charge in [-0.1, -0.05) is 194 Å². The van der Waals surface area contributed by atoms with Crippen molar-refractivity contribution in [2.75, 3.05) is 9.80 Å². The summed E-state index contributed by atoms with van der Waals surface area (Å²) in [5.74, 6) is 1.79. The second kappa shape index (κ2) is 16.1. The van der Waals surface area contributed by atoms with Gasteiger partial charge in [-0.05, 0) is 145 Å². The molecule has 4 nitrogen and oxygen atoms in total. The first-order valence-corrected chi connectivity index (χ1v) is 28.3. The fraction of sp³-hybridized carbons (Fsp3) is 0.139. The van der Waals surface area contributed by atoms with Crippen LogP contribution in [-0.4, -0.2) is 11.3 Å². The summed E-state index contributed by atoms with van der Waals surface area (Å²) in [4.78, 5) is 7.36. The van der Waals surface area contributed by atoms with Gasteiger partial charge in [0.1, 0.15) is 11.5 Å². The van der Waals surface area contributed by atoms with Gasteiger partial charge in [0.25, 0.3) is 0 Å². The molecule has 2 aliphatic carbocycles. The first kappa shape index (κ1) is 45.7. The van der Waals surface area contributed by atoms with E-state index in [4.69, 9.17) is 4.74 Å². The van der Waals surface area contributed by atoms with Crippen LogP contribution in [0.3, 0.4) is 0 Å². The average Bonchev–Trinajstić information content (AvgIpc) is 2.04. The lowest BCUT2D eigenvalue weighted by atomic mass is 9.44. The van der Waals surface area contributed by atoms with Gasteiger partial charge in [0, 0.05) is 72.6 Å². The number of para-hydroxylation sites is 3. The number of anilines is 6. The largest absolute Gasteiger partial charge is 0.455 e. The normalized spacial score (nSPS) is 15.1. The Morgan fingerprint density at radius 3 is 1.83 bits per heavy atom. The summed E-state index contributed by atoms with van der Waals surface area (Å²) in [6.07, 6.45) is 0. The van der Waals surface area contributed by atoms with Crippen molar-refractivity contribution in [1.82, 2.24) is 4.48 Å². The predicted molar refractivity (Wildman–Crippen MR) is 327 cm³/mol. The summed E-state index contributed by atoms with van der Waals surface area (Å²) in [6.45, 7) is 16.6. The van der Waals surface area contributed by atoms with Crippen LogP contribution < -0.4 is 25.5 Å². The maximum atomic E-state index is 7.09. The van der Waals surface area contributed by atoms with Gasteiger partial charge >= 0.3 is 6.85 Å². The molecular formula is C72H56BN3OS. The zero-order valence-electron chi connectivity index (χ0n) is 44.9. The molecule has 10 aromatic carbocycles. The van der Waals surface area contributed by atoms with Crippen molar-refractivity contribution in [3.05, 3.63) is 240 Å². The van der Waals surface area contributed by atoms with Gasteiger partial charge in [-0.3, -0.25) is 0 Å². The molecule has 6 heteroatoms. The number of rotatable bonds is 5. The van der Waals surface area contributed by atoms with Crippen LogP contribution in [0, 0.1) is 0 Å². The van der Waals surface area contributed by atoms with Gasteiger partial charge in [0.05, 0.1) is 15.5 Å². The van der Waals surface area contributed by atoms with Gasteiger partial charge in [-0.25, -0.2) is 0 Å². The van der Waals surface area contributed by atoms with Gasteiger partial charge in [0.2, 0.25) is 0 Å². The molecule has 5 aliphatic rings. The van der Waals surface area contributed by atoms with E-state index in [-0.39, 0.29) is 23.1 Å². The number of aromatic nitrogens is 1. The number of nitrogens with zero attached hydrogens (tertiary/aromatic N) is 3. The highest BCUT2D eigenvalue weighted by molar-refractivity contribution is 7.99. The van der Waals surface area contributed by atoms with Crippen LogP contribution in [-0.2, 0) is 16.2 Å². The predicted octanol–water partition coefficient (Wildman–Crippen LogP) is 18.4. The Balaban J connectivity index is 1.11. The van der Waals surface area contributed by atoms with Crippen LogP contribution in [0.1, 0.15) is 76.3 Å². The number of benzene rings is 10. The van der Waals surface area contributed by atoms with Crippen molar-refractivity contribution in [1.29, 1.82) is 0 Å². The molecule has 0 spiro atoms. The smallest absolute Gasteiger partial charge is 0.333 e. The number of hydrogen-bond donors (Lipinski definition) is 0. The van der Waals surface area contributed by atoms with E-state index < -0.39 is 0 Å². The third-order valence-corrected chi connectivity index (χ3v) is 19.0. The van der Waals surface area contributed by atoms with Gasteiger partial charge < -0.3 is 19.0 Å². The Bertz CT molecular complexity index is 4340. The highest BCUT2D eigenvalue weighted by Gasteiger charge is 2.52. The van der Waals surface area contributed by atoms with Crippen LogP contribution in [0.5, 0.6) is 11.5 Å². The van der Waals surface area contributed by atoms with E-state index in [0.717, 1.165) is 44.0 Å². The maximum Gasteiger partial charge on any atom is 0.333 e. The van der Waals surface area contributed by atoms with Crippen molar-refractivity contribution < 1.29 is 4.74 Å². The quantitative estimate of drug-likeness (QED) is 0.160. The van der Waals surface area contributed by atoms with E-state index >= 15 is 0 Å². The van der Waals surface area contributed by atoms with Crippen LogP contribution >= 0.6 is 11.8 Å². The molecule has 0 bridgehead atoms. The summed E-state index contributed by atoms with van der Waals surface area (Å²) in [5, 5.41) is 1.29. The third-order valence-electron chi connectivity index (χ3n) is 17.9. The van der Waals surface area contributed by atoms with E-state index in [1.54, 1.807) is 0 Å². The fourth-order valence-electron chi connectivity index (χ4n) is 14.4. The Labute approximate surface area is 461 Å². The minimum absolute atomic E-state index is 0.0749. The Morgan fingerprint density at radius 2 is 1.12 bits per heavy atom. The molecule has 0 amide bonds. The molecule has 78 heavy (non-hydrogen) atoms. The molecule has 374 valence electrons. The summed E-state index contributed by atoms with van der Waals surface area (Å²) >= 11 is 1.81. The summed E-state index contributed by atoms with van der Waals surface area (Å²) in [6, 6.07) is 79.7. The first-order chi connectivity index (χ1) is 37.9. The highest BCUT2D eigenvalue weighted by atomic mass is 32.2. The SMILES string of the molecule is CC(C)(C)c1ccc(N2c3cc4c(cc3B3c5c2cc2c(c5-c5cc(N(c6ccccc6)c6ccccc6)cc6c7c(n3c56)-c3ccccc3C7(C)C)C(C)(C)c3ccccc3-2)Oc2ccccc2S4)c(-c2ccccc2)c1. The number of fused-ring (bicyclic) bond motifs is 15. The lowest BCUT2D eigenvalue weighted by Gasteiger charge is -2.44. The summed E-state index contributed by atoms with van der Waals surface area (Å²) in [7, 11) is 0. The van der Waals surface area contributed by atoms with Crippen molar-refractivity contribution in [2.24, 2.45) is 0 Å². The number of hydrogen-bond acceptors (Lipinski definition) is 4. The standard InChI is InChI=1S/C72H56BN3OS/c1-70(2,3)44-35-36-57(50(37-44)43-23-11-8-12-24-43)75-58-42-63-61(77-60-33-21-22-34-62(60)78-63)41-56(58)73-67-59(75)40-51-48-29-17-19-31-54(48)71(4,5)65(51)64(67)52-38-47(74(45-25-13-9-14-26-45)46-27-15-10-16-28-46)39-53-66-69(76(73)68(52)53)49-30-18-20-32-55(49)72(66,6)7/h8-42H,1-7H3. The topological polar surface area (TPSA) is 20.6 Å². The fourth-order valence-corrected chi connectivity index (χ4v) is 15.4. The van der Waals surface area contributed by atoms with E-state index in [1.807, 2.05) is 11.8 Å². The Hall–Kier alpha value is -8.45. The van der Waals surface area contributed by atoms with E-state index in [9.17, 15) is 0 Å². The zero-order chi connectivity index (χ0) is 52.6. The van der Waals surface area contributed by atoms with Crippen LogP contribution in [0.2, 0.25) is 0 Å². The average molecular weight is 1020 g/mol. The van der Waals surface area contributed by atoms with Gasteiger partial charge in [-0.2, -0.15) is 0 Å². The first-order valence-electron chi connectivity index (χ1n) is 27.5. The lowest BCUT2D eigenvalue weighted by molar-refractivity contribution is 0.455. The molecule has 0 radical (unpaired) electrons. The van der Waals surface area contributed by atoms with Crippen LogP contribution in [0.4, 0.5) is 34.1 Å². The maximum absolute atomic E-state index is 7.09. The monoisotopic (exact) mass is 1020 g/mol. The minimum atomic E-state index is -0.334. The zero-order valence-corrected chi connectivity index (χ0v) is 45.8. The molecule has 0 atom stereocenters. The molecule has 11 aromatic rings. The van der Waals surface area contributed by atoms with E-state index in [2.05, 4.69) is 275 Å². The van der Waals surface area contributed by atoms with Crippen molar-refractivity contribution in [2.45, 2.75) is 74.5 Å². The van der Waals surface area contributed by atoms with Crippen molar-refractivity contribution in [3.63, 3.8) is 0 Å². The Morgan fingerprint density at radius 1 is 0.487 bits per heavy atom. The van der Waals surface area contributed by atoms with Crippen LogP contribution in [0.25, 0.3) is 55.5 Å². The lowest BCUT2D eigenvalue weighted by Crippen LogP contribution is -2.57. The van der Waals surface area contributed by atoms with Crippen LogP contribution in [0.15, 0.2) is 222 Å². The second-order valence-electron chi connectivity index (χ2n) is 24.0. The molecule has 0 saturated carbocycles. The Kier molecular flexibility index (Phi) is 9.42. The molecule has 0 fully saturated rings. The van der Waals surface area contributed by atoms with E-state index in [0.29, 0.717) is 0 Å². The van der Waals surface area contributed by atoms with E-state index in [1.165, 1.54) is 106 Å². The molecule has 0 N–H and O–H groups in total. The third kappa shape index (κ3) is 6.21. The minimum Gasteiger partial charge on any atom is -0.455 e. The number of ether oxygens (including phenoxy) is 1. The van der Waals surface area contributed by atoms with Crippen molar-refractivity contribution in [3.8, 4) is 56.1 Å². The summed E-state index contributed by atoms with van der Waals surface area (Å²) in [5.41, 5.74) is 27.0. The van der Waals surface area contributed by atoms with Gasteiger partial charge in [0.15, 0.2) is 0 Å². The summed E-state index contributed by atoms with van der Waals surface area (Å²) < 4.78 is 9.89. The highest BCUT2D eigenvalue weighted by Crippen LogP contribution is 2.62. The molecule has 3 aliphatic heterocycles. The second-order valence-corrected chi connectivity index (χ2v) is 25.1. The molecular weight excluding hydrogens is 966 g/mol. The molecule has 1 aromatic heterocycles.